The number of piperidine rings is 1. The van der Waals surface area contributed by atoms with Crippen molar-refractivity contribution in [2.45, 2.75) is 90.4 Å². The number of halogens is 3. The molecule has 5 amide bonds. The topological polar surface area (TPSA) is 198 Å². The molecule has 1 unspecified atom stereocenters. The van der Waals surface area contributed by atoms with Crippen molar-refractivity contribution < 1.29 is 41.9 Å². The Kier molecular flexibility index (Phi) is 11.5. The lowest BCUT2D eigenvalue weighted by atomic mass is 9.75. The molecule has 17 heteroatoms. The minimum Gasteiger partial charge on any atom is -0.385 e. The highest BCUT2D eigenvalue weighted by atomic mass is 19.4. The lowest BCUT2D eigenvalue weighted by Crippen LogP contribution is -2.52. The fourth-order valence-corrected chi connectivity index (χ4v) is 7.57. The summed E-state index contributed by atoms with van der Waals surface area (Å²) in [4.78, 5) is 76.0. The van der Waals surface area contributed by atoms with Crippen LogP contribution in [0.25, 0.3) is 5.69 Å². The number of ketones is 1. The number of nitrogens with one attached hydrogen (secondary N) is 4. The number of alkyl halides is 3. The Morgan fingerprint density at radius 1 is 0.964 bits per heavy atom. The standard InChI is InChI=1S/C39H45F3N8O6/c1-38(2)19-29-33(30(51)20-38)34(39(40,41)42)48-50(29)22-11-12-24(35(43)54)27(18-22)45-16-7-17-46-31(52)10-4-3-5-15-44-26-9-6-8-23-25(26)21-49(37(23)56)28-13-14-32(53)47-36(28)55/h6,8-9,11-12,18,28,44-45H,3-5,7,10,13-17,19-21H2,1-2H3,(H2,43,54)(H,46,52)(H,47,53,55). The molecule has 6 rings (SSSR count). The number of amides is 5. The van der Waals surface area contributed by atoms with Crippen molar-refractivity contribution in [2.75, 3.05) is 30.3 Å². The number of hydrogen-bond donors (Lipinski definition) is 5. The number of benzene rings is 2. The van der Waals surface area contributed by atoms with Crippen molar-refractivity contribution >= 4 is 46.7 Å². The molecule has 1 aromatic heterocycles. The molecule has 1 aliphatic carbocycles. The molecule has 0 radical (unpaired) electrons. The normalized spacial score (nSPS) is 17.7. The largest absolute Gasteiger partial charge is 0.435 e. The number of primary amides is 1. The van der Waals surface area contributed by atoms with E-state index in [-0.39, 0.29) is 66.2 Å². The molecule has 3 aliphatic rings. The second-order valence-corrected chi connectivity index (χ2v) is 15.2. The number of imide groups is 1. The van der Waals surface area contributed by atoms with Crippen molar-refractivity contribution in [3.63, 3.8) is 0 Å². The molecule has 298 valence electrons. The highest BCUT2D eigenvalue weighted by molar-refractivity contribution is 6.06. The average Bonchev–Trinajstić information content (AvgIpc) is 3.67. The highest BCUT2D eigenvalue weighted by Crippen LogP contribution is 2.42. The predicted octanol–water partition coefficient (Wildman–Crippen LogP) is 4.50. The molecule has 6 N–H and O–H groups in total. The number of rotatable bonds is 15. The van der Waals surface area contributed by atoms with Crippen LogP contribution in [0.1, 0.15) is 113 Å². The summed E-state index contributed by atoms with van der Waals surface area (Å²) >= 11 is 0. The van der Waals surface area contributed by atoms with E-state index < -0.39 is 46.5 Å². The summed E-state index contributed by atoms with van der Waals surface area (Å²) in [5.41, 5.74) is 6.31. The highest BCUT2D eigenvalue weighted by Gasteiger charge is 2.45. The number of nitrogens with two attached hydrogens (primary N) is 1. The molecule has 2 aromatic carbocycles. The van der Waals surface area contributed by atoms with Gasteiger partial charge in [0.2, 0.25) is 17.7 Å². The van der Waals surface area contributed by atoms with Gasteiger partial charge in [0.25, 0.3) is 11.8 Å². The molecule has 2 aliphatic heterocycles. The second-order valence-electron chi connectivity index (χ2n) is 15.2. The van der Waals surface area contributed by atoms with E-state index in [1.807, 2.05) is 19.9 Å². The van der Waals surface area contributed by atoms with Crippen LogP contribution in [0.4, 0.5) is 24.5 Å². The zero-order valence-electron chi connectivity index (χ0n) is 31.2. The summed E-state index contributed by atoms with van der Waals surface area (Å²) in [7, 11) is 0. The van der Waals surface area contributed by atoms with Crippen molar-refractivity contribution in [2.24, 2.45) is 11.1 Å². The van der Waals surface area contributed by atoms with Gasteiger partial charge >= 0.3 is 6.18 Å². The number of carbonyl (C=O) groups excluding carboxylic acids is 6. The van der Waals surface area contributed by atoms with E-state index in [1.54, 1.807) is 12.1 Å². The number of carbonyl (C=O) groups is 6. The quantitative estimate of drug-likeness (QED) is 0.109. The van der Waals surface area contributed by atoms with Gasteiger partial charge in [-0.25, -0.2) is 4.68 Å². The van der Waals surface area contributed by atoms with Gasteiger partial charge in [-0.2, -0.15) is 18.3 Å². The maximum absolute atomic E-state index is 14.0. The van der Waals surface area contributed by atoms with Gasteiger partial charge in [-0.15, -0.1) is 0 Å². The molecular formula is C39H45F3N8O6. The number of aromatic nitrogens is 2. The van der Waals surface area contributed by atoms with E-state index in [0.717, 1.165) is 28.8 Å². The van der Waals surface area contributed by atoms with Crippen molar-refractivity contribution in [1.29, 1.82) is 0 Å². The van der Waals surface area contributed by atoms with E-state index in [0.29, 0.717) is 50.9 Å². The van der Waals surface area contributed by atoms with Crippen LogP contribution < -0.4 is 27.0 Å². The molecular weight excluding hydrogens is 733 g/mol. The summed E-state index contributed by atoms with van der Waals surface area (Å²) in [6.45, 7) is 5.16. The summed E-state index contributed by atoms with van der Waals surface area (Å²) < 4.78 is 43.0. The van der Waals surface area contributed by atoms with E-state index in [2.05, 4.69) is 26.4 Å². The third-order valence-electron chi connectivity index (χ3n) is 10.3. The first kappa shape index (κ1) is 39.9. The molecule has 0 spiro atoms. The number of hydrogen-bond acceptors (Lipinski definition) is 9. The number of Topliss-reactive ketones (excluding diaryl/α,β-unsaturated/α-hetero) is 1. The maximum atomic E-state index is 14.0. The third-order valence-corrected chi connectivity index (χ3v) is 10.3. The van der Waals surface area contributed by atoms with Gasteiger partial charge in [0.1, 0.15) is 6.04 Å². The zero-order valence-corrected chi connectivity index (χ0v) is 31.2. The minimum atomic E-state index is -4.83. The average molecular weight is 779 g/mol. The van der Waals surface area contributed by atoms with E-state index in [1.165, 1.54) is 23.1 Å². The van der Waals surface area contributed by atoms with Gasteiger partial charge in [-0.1, -0.05) is 26.3 Å². The smallest absolute Gasteiger partial charge is 0.385 e. The van der Waals surface area contributed by atoms with Crippen molar-refractivity contribution in [1.82, 2.24) is 25.3 Å². The third kappa shape index (κ3) is 8.71. The predicted molar refractivity (Wildman–Crippen MR) is 199 cm³/mol. The van der Waals surface area contributed by atoms with Crippen LogP contribution in [0.5, 0.6) is 0 Å². The van der Waals surface area contributed by atoms with Crippen LogP contribution in [-0.2, 0) is 33.5 Å². The molecule has 56 heavy (non-hydrogen) atoms. The van der Waals surface area contributed by atoms with Crippen LogP contribution in [0.15, 0.2) is 36.4 Å². The Morgan fingerprint density at radius 2 is 1.71 bits per heavy atom. The molecule has 0 saturated carbocycles. The Bertz CT molecular complexity index is 2080. The second kappa shape index (κ2) is 16.2. The summed E-state index contributed by atoms with van der Waals surface area (Å²) in [6.07, 6.45) is -1.18. The molecule has 3 heterocycles. The SMILES string of the molecule is CC1(C)CC(=O)c2c(C(F)(F)F)nn(-c3ccc(C(N)=O)c(NCCCNC(=O)CCCCCNc4cccc5c4CN(C4CCC(=O)NC4=O)C5=O)c3)c2C1. The fourth-order valence-electron chi connectivity index (χ4n) is 7.57. The molecule has 1 fully saturated rings. The lowest BCUT2D eigenvalue weighted by Gasteiger charge is -2.29. The van der Waals surface area contributed by atoms with Crippen LogP contribution in [0.2, 0.25) is 0 Å². The number of unbranched alkanes of at least 4 members (excludes halogenated alkanes) is 2. The number of anilines is 2. The van der Waals surface area contributed by atoms with Gasteiger partial charge in [0.15, 0.2) is 11.5 Å². The first-order valence-electron chi connectivity index (χ1n) is 18.7. The van der Waals surface area contributed by atoms with E-state index in [9.17, 15) is 41.9 Å². The summed E-state index contributed by atoms with van der Waals surface area (Å²) in [5, 5.41) is 15.5. The Labute approximate surface area is 321 Å². The van der Waals surface area contributed by atoms with Gasteiger partial charge in [0.05, 0.1) is 22.5 Å². The maximum Gasteiger partial charge on any atom is 0.435 e. The van der Waals surface area contributed by atoms with E-state index in [4.69, 9.17) is 5.73 Å². The Balaban J connectivity index is 0.942. The fraction of sp³-hybridized carbons (Fsp3) is 0.462. The number of nitrogens with zero attached hydrogens (tertiary/aromatic N) is 3. The van der Waals surface area contributed by atoms with Crippen LogP contribution in [0, 0.1) is 5.41 Å². The molecule has 3 aromatic rings. The molecule has 1 saturated heterocycles. The van der Waals surface area contributed by atoms with E-state index >= 15 is 0 Å². The monoisotopic (exact) mass is 778 g/mol. The zero-order chi connectivity index (χ0) is 40.4. The van der Waals surface area contributed by atoms with Gasteiger partial charge in [-0.05, 0) is 67.9 Å². The van der Waals surface area contributed by atoms with Crippen molar-refractivity contribution in [3.8, 4) is 5.69 Å². The van der Waals surface area contributed by atoms with Crippen LogP contribution in [0.3, 0.4) is 0 Å². The summed E-state index contributed by atoms with van der Waals surface area (Å²) in [6, 6.07) is 9.04. The summed E-state index contributed by atoms with van der Waals surface area (Å²) in [5.74, 6) is -2.50. The van der Waals surface area contributed by atoms with Crippen molar-refractivity contribution in [3.05, 3.63) is 70.0 Å². The van der Waals surface area contributed by atoms with Gasteiger partial charge < -0.3 is 26.6 Å². The van der Waals surface area contributed by atoms with Crippen LogP contribution in [-0.4, -0.2) is 75.7 Å². The number of fused-ring (bicyclic) bond motifs is 2. The van der Waals surface area contributed by atoms with Gasteiger partial charge in [-0.3, -0.25) is 34.1 Å². The molecule has 0 bridgehead atoms. The lowest BCUT2D eigenvalue weighted by molar-refractivity contribution is -0.142. The molecule has 14 nitrogen and oxygen atoms in total. The Morgan fingerprint density at radius 3 is 2.45 bits per heavy atom. The minimum absolute atomic E-state index is 0.0332. The first-order chi connectivity index (χ1) is 26.5. The molecule has 1 atom stereocenters. The van der Waals surface area contributed by atoms with Crippen LogP contribution >= 0.6 is 0 Å². The van der Waals surface area contributed by atoms with Gasteiger partial charge in [0, 0.05) is 67.9 Å². The first-order valence-corrected chi connectivity index (χ1v) is 18.7. The Hall–Kier alpha value is -5.74.